The van der Waals surface area contributed by atoms with Crippen molar-refractivity contribution in [3.63, 3.8) is 0 Å². The van der Waals surface area contributed by atoms with E-state index in [1.54, 1.807) is 0 Å². The largest absolute Gasteiger partial charge is 0.101 e. The summed E-state index contributed by atoms with van der Waals surface area (Å²) in [5, 5.41) is 0. The van der Waals surface area contributed by atoms with E-state index in [1.165, 1.54) is 33.4 Å². The summed E-state index contributed by atoms with van der Waals surface area (Å²) in [5.74, 6) is 0. The lowest BCUT2D eigenvalue weighted by Crippen LogP contribution is -2.25. The zero-order chi connectivity index (χ0) is 16.4. The molecule has 0 heterocycles. The molecule has 0 spiro atoms. The van der Waals surface area contributed by atoms with Crippen molar-refractivity contribution in [2.24, 2.45) is 0 Å². The second kappa shape index (κ2) is 6.33. The van der Waals surface area contributed by atoms with Crippen molar-refractivity contribution < 1.29 is 0 Å². The van der Waals surface area contributed by atoms with Crippen LogP contribution in [0, 0.1) is 20.8 Å². The summed E-state index contributed by atoms with van der Waals surface area (Å²) >= 11 is 4.16. The van der Waals surface area contributed by atoms with Crippen LogP contribution in [0.3, 0.4) is 0 Å². The molecule has 0 atom stereocenters. The molecule has 23 heavy (non-hydrogen) atoms. The Balaban J connectivity index is 2.38. The van der Waals surface area contributed by atoms with E-state index < -0.39 is 0 Å². The molecular weight excluding hydrogens is 344 g/mol. The number of hydrogen-bond donors (Lipinski definition) is 0. The summed E-state index contributed by atoms with van der Waals surface area (Å²) in [6, 6.07) is 25.9. The van der Waals surface area contributed by atoms with Crippen molar-refractivity contribution in [3.8, 4) is 0 Å². The van der Waals surface area contributed by atoms with Crippen LogP contribution in [-0.2, 0) is 4.32 Å². The molecule has 0 aliphatic heterocycles. The molecule has 3 rings (SSSR count). The van der Waals surface area contributed by atoms with Gasteiger partial charge >= 0.3 is 0 Å². The average Bonchev–Trinajstić information content (AvgIpc) is 2.55. The van der Waals surface area contributed by atoms with E-state index in [0.29, 0.717) is 0 Å². The fraction of sp³-hybridized carbons (Fsp3) is 0.182. The van der Waals surface area contributed by atoms with Crippen LogP contribution in [0.2, 0.25) is 0 Å². The van der Waals surface area contributed by atoms with Gasteiger partial charge in [0.05, 0.1) is 0 Å². The Kier molecular flexibility index (Phi) is 4.41. The van der Waals surface area contributed by atoms with Crippen molar-refractivity contribution in [2.45, 2.75) is 25.1 Å². The normalized spacial score (nSPS) is 11.5. The zero-order valence-corrected chi connectivity index (χ0v) is 15.4. The highest BCUT2D eigenvalue weighted by Gasteiger charge is 2.36. The number of benzene rings is 3. The number of alkyl halides is 1. The number of rotatable bonds is 3. The van der Waals surface area contributed by atoms with Crippen molar-refractivity contribution >= 4 is 15.9 Å². The van der Waals surface area contributed by atoms with Gasteiger partial charge in [0.15, 0.2) is 0 Å². The van der Waals surface area contributed by atoms with Crippen LogP contribution in [0.5, 0.6) is 0 Å². The third kappa shape index (κ3) is 2.74. The fourth-order valence-electron chi connectivity index (χ4n) is 3.31. The lowest BCUT2D eigenvalue weighted by molar-refractivity contribution is 0.883. The standard InChI is InChI=1S/C22H21Br/c1-16-10-4-7-13-19(16)22(23,20-14-8-5-11-17(20)2)21-15-9-6-12-18(21)3/h4-15H,1-3H3. The number of halogens is 1. The zero-order valence-electron chi connectivity index (χ0n) is 13.8. The molecule has 0 bridgehead atoms. The van der Waals surface area contributed by atoms with Gasteiger partial charge in [0, 0.05) is 0 Å². The minimum atomic E-state index is -0.338. The van der Waals surface area contributed by atoms with Crippen LogP contribution in [0.4, 0.5) is 0 Å². The Labute approximate surface area is 147 Å². The molecule has 0 saturated carbocycles. The first-order valence-electron chi connectivity index (χ1n) is 7.92. The fourth-order valence-corrected chi connectivity index (χ4v) is 4.65. The van der Waals surface area contributed by atoms with Gasteiger partial charge in [-0.05, 0) is 54.2 Å². The molecule has 0 nitrogen and oxygen atoms in total. The van der Waals surface area contributed by atoms with E-state index in [-0.39, 0.29) is 4.32 Å². The van der Waals surface area contributed by atoms with Gasteiger partial charge in [-0.25, -0.2) is 0 Å². The van der Waals surface area contributed by atoms with Gasteiger partial charge in [-0.2, -0.15) is 0 Å². The summed E-state index contributed by atoms with van der Waals surface area (Å²) in [7, 11) is 0. The molecule has 0 amide bonds. The molecule has 0 aliphatic rings. The molecule has 0 aromatic heterocycles. The van der Waals surface area contributed by atoms with Gasteiger partial charge in [0.2, 0.25) is 0 Å². The molecular formula is C22H21Br. The van der Waals surface area contributed by atoms with Crippen LogP contribution >= 0.6 is 15.9 Å². The molecule has 0 aliphatic carbocycles. The van der Waals surface area contributed by atoms with Crippen molar-refractivity contribution in [3.05, 3.63) is 106 Å². The predicted molar refractivity (Wildman–Crippen MR) is 102 cm³/mol. The molecule has 1 heteroatoms. The second-order valence-corrected chi connectivity index (χ2v) is 7.29. The minimum absolute atomic E-state index is 0.338. The molecule has 3 aromatic carbocycles. The molecule has 116 valence electrons. The molecule has 0 unspecified atom stereocenters. The first-order chi connectivity index (χ1) is 11.0. The SMILES string of the molecule is Cc1ccccc1C(Br)(c1ccccc1C)c1ccccc1C. The summed E-state index contributed by atoms with van der Waals surface area (Å²) in [6.07, 6.45) is 0. The van der Waals surface area contributed by atoms with Gasteiger partial charge in [-0.3, -0.25) is 0 Å². The van der Waals surface area contributed by atoms with Crippen molar-refractivity contribution in [1.29, 1.82) is 0 Å². The quantitative estimate of drug-likeness (QED) is 0.377. The Morgan fingerprint density at radius 1 is 0.522 bits per heavy atom. The average molecular weight is 365 g/mol. The molecule has 0 N–H and O–H groups in total. The Hall–Kier alpha value is -1.86. The van der Waals surface area contributed by atoms with Crippen LogP contribution < -0.4 is 0 Å². The van der Waals surface area contributed by atoms with E-state index in [2.05, 4.69) is 109 Å². The summed E-state index contributed by atoms with van der Waals surface area (Å²) < 4.78 is -0.338. The Morgan fingerprint density at radius 3 is 1.04 bits per heavy atom. The minimum Gasteiger partial charge on any atom is -0.0695 e. The van der Waals surface area contributed by atoms with E-state index in [9.17, 15) is 0 Å². The maximum absolute atomic E-state index is 4.16. The van der Waals surface area contributed by atoms with Gasteiger partial charge < -0.3 is 0 Å². The van der Waals surface area contributed by atoms with E-state index in [1.807, 2.05) is 0 Å². The highest BCUT2D eigenvalue weighted by molar-refractivity contribution is 9.10. The van der Waals surface area contributed by atoms with Crippen LogP contribution in [-0.4, -0.2) is 0 Å². The molecule has 3 aromatic rings. The smallest absolute Gasteiger partial charge is 0.0695 e. The van der Waals surface area contributed by atoms with Crippen LogP contribution in [0.1, 0.15) is 33.4 Å². The van der Waals surface area contributed by atoms with Crippen molar-refractivity contribution in [1.82, 2.24) is 0 Å². The maximum atomic E-state index is 4.16. The summed E-state index contributed by atoms with van der Waals surface area (Å²) in [6.45, 7) is 6.55. The Morgan fingerprint density at radius 2 is 0.783 bits per heavy atom. The molecule has 0 radical (unpaired) electrons. The van der Waals surface area contributed by atoms with Gasteiger partial charge in [0.25, 0.3) is 0 Å². The third-order valence-corrected chi connectivity index (χ3v) is 5.83. The number of aryl methyl sites for hydroxylation is 3. The monoisotopic (exact) mass is 364 g/mol. The summed E-state index contributed by atoms with van der Waals surface area (Å²) in [4.78, 5) is 0. The highest BCUT2D eigenvalue weighted by Crippen LogP contribution is 2.48. The topological polar surface area (TPSA) is 0 Å². The van der Waals surface area contributed by atoms with E-state index in [4.69, 9.17) is 0 Å². The first-order valence-corrected chi connectivity index (χ1v) is 8.71. The number of hydrogen-bond acceptors (Lipinski definition) is 0. The maximum Gasteiger partial charge on any atom is 0.101 e. The van der Waals surface area contributed by atoms with Crippen molar-refractivity contribution in [2.75, 3.05) is 0 Å². The Bertz CT molecular complexity index is 722. The lowest BCUT2D eigenvalue weighted by atomic mass is 9.79. The van der Waals surface area contributed by atoms with Gasteiger partial charge in [-0.15, -0.1) is 0 Å². The van der Waals surface area contributed by atoms with E-state index >= 15 is 0 Å². The second-order valence-electron chi connectivity index (χ2n) is 6.10. The predicted octanol–water partition coefficient (Wildman–Crippen LogP) is 6.30. The van der Waals surface area contributed by atoms with Gasteiger partial charge in [-0.1, -0.05) is 88.7 Å². The van der Waals surface area contributed by atoms with E-state index in [0.717, 1.165) is 0 Å². The lowest BCUT2D eigenvalue weighted by Gasteiger charge is -2.33. The van der Waals surface area contributed by atoms with Crippen LogP contribution in [0.25, 0.3) is 0 Å². The van der Waals surface area contributed by atoms with Crippen LogP contribution in [0.15, 0.2) is 72.8 Å². The highest BCUT2D eigenvalue weighted by atomic mass is 79.9. The molecule has 0 fully saturated rings. The third-order valence-electron chi connectivity index (χ3n) is 4.55. The van der Waals surface area contributed by atoms with Gasteiger partial charge in [0.1, 0.15) is 4.32 Å². The summed E-state index contributed by atoms with van der Waals surface area (Å²) in [5.41, 5.74) is 7.75. The molecule has 0 saturated heterocycles. The first kappa shape index (κ1) is 16.0.